The molecule has 0 atom stereocenters. The van der Waals surface area contributed by atoms with Crippen molar-refractivity contribution < 1.29 is 44.6 Å². The van der Waals surface area contributed by atoms with Gasteiger partial charge in [0.05, 0.1) is 11.8 Å². The average Bonchev–Trinajstić information content (AvgIpc) is 2.69. The lowest BCUT2D eigenvalue weighted by Crippen LogP contribution is -2.50. The minimum atomic E-state index is -5.28. The van der Waals surface area contributed by atoms with Gasteiger partial charge in [0.15, 0.2) is 11.5 Å². The number of allylic oxidation sites excluding steroid dienone is 4. The maximum atomic E-state index is 14.5. The summed E-state index contributed by atoms with van der Waals surface area (Å²) in [6, 6.07) is 0. The zero-order valence-electron chi connectivity index (χ0n) is 18.0. The van der Waals surface area contributed by atoms with Crippen molar-refractivity contribution in [3.63, 3.8) is 0 Å². The maximum absolute atomic E-state index is 14.5. The molecule has 0 amide bonds. The highest BCUT2D eigenvalue weighted by Gasteiger charge is 2.68. The molecule has 0 spiro atoms. The maximum Gasteiger partial charge on any atom is 0.400 e. The van der Waals surface area contributed by atoms with Crippen molar-refractivity contribution in [2.24, 2.45) is 23.7 Å². The van der Waals surface area contributed by atoms with Crippen LogP contribution in [-0.2, 0) is 9.47 Å². The number of hydrogen-bond donors (Lipinski definition) is 0. The van der Waals surface area contributed by atoms with Crippen LogP contribution in [0.5, 0.6) is 0 Å². The zero-order valence-corrected chi connectivity index (χ0v) is 18.0. The lowest BCUT2D eigenvalue weighted by Gasteiger charge is -2.38. The van der Waals surface area contributed by atoms with E-state index in [9.17, 15) is 35.1 Å². The molecule has 0 aromatic carbocycles. The Bertz CT molecular complexity index is 668. The van der Waals surface area contributed by atoms with Gasteiger partial charge in [-0.1, -0.05) is 39.5 Å². The number of halogens is 8. The highest BCUT2D eigenvalue weighted by molar-refractivity contribution is 5.32. The van der Waals surface area contributed by atoms with Crippen LogP contribution in [-0.4, -0.2) is 24.1 Å². The SMILES string of the molecule is CC1CCC(C(F)(F)OC2=CC=C(OC(F)(F)C3CCC(C)CC3)C(F)(F)C2(F)F)CC1. The summed E-state index contributed by atoms with van der Waals surface area (Å²) in [6.07, 6.45) is -6.12. The van der Waals surface area contributed by atoms with Crippen molar-refractivity contribution >= 4 is 0 Å². The van der Waals surface area contributed by atoms with Crippen molar-refractivity contribution in [2.45, 2.75) is 89.3 Å². The third-order valence-electron chi connectivity index (χ3n) is 6.87. The second-order valence-corrected chi connectivity index (χ2v) is 9.45. The predicted molar refractivity (Wildman–Crippen MR) is 100 cm³/mol. The first-order valence-electron chi connectivity index (χ1n) is 11.0. The van der Waals surface area contributed by atoms with Gasteiger partial charge >= 0.3 is 24.1 Å². The number of hydrogen-bond acceptors (Lipinski definition) is 2. The van der Waals surface area contributed by atoms with E-state index in [0.717, 1.165) is 0 Å². The van der Waals surface area contributed by atoms with Gasteiger partial charge < -0.3 is 9.47 Å². The third-order valence-corrected chi connectivity index (χ3v) is 6.87. The van der Waals surface area contributed by atoms with Crippen molar-refractivity contribution in [2.75, 3.05) is 0 Å². The summed E-state index contributed by atoms with van der Waals surface area (Å²) >= 11 is 0. The molecule has 3 rings (SSSR count). The summed E-state index contributed by atoms with van der Waals surface area (Å²) in [6.45, 7) is 3.73. The molecule has 0 heterocycles. The molecule has 10 heteroatoms. The Hall–Kier alpha value is -1.48. The smallest absolute Gasteiger partial charge is 0.400 e. The van der Waals surface area contributed by atoms with Crippen LogP contribution >= 0.6 is 0 Å². The third kappa shape index (κ3) is 4.88. The molecule has 0 radical (unpaired) electrons. The largest absolute Gasteiger partial charge is 0.430 e. The van der Waals surface area contributed by atoms with E-state index in [1.807, 2.05) is 13.8 Å². The van der Waals surface area contributed by atoms with E-state index in [1.165, 1.54) is 0 Å². The van der Waals surface area contributed by atoms with E-state index >= 15 is 0 Å². The lowest BCUT2D eigenvalue weighted by molar-refractivity contribution is -0.309. The van der Waals surface area contributed by atoms with Crippen LogP contribution in [0.15, 0.2) is 23.7 Å². The van der Waals surface area contributed by atoms with E-state index in [2.05, 4.69) is 9.47 Å². The minimum Gasteiger partial charge on any atom is -0.430 e. The Morgan fingerprint density at radius 2 is 0.906 bits per heavy atom. The summed E-state index contributed by atoms with van der Waals surface area (Å²) < 4.78 is 124. The fourth-order valence-corrected chi connectivity index (χ4v) is 4.52. The molecule has 0 unspecified atom stereocenters. The van der Waals surface area contributed by atoms with Gasteiger partial charge in [-0.05, 0) is 49.7 Å². The molecule has 2 fully saturated rings. The Balaban J connectivity index is 1.78. The van der Waals surface area contributed by atoms with Crippen LogP contribution in [0.3, 0.4) is 0 Å². The second kappa shape index (κ2) is 8.70. The van der Waals surface area contributed by atoms with E-state index in [0.29, 0.717) is 25.7 Å². The average molecular weight is 476 g/mol. The van der Waals surface area contributed by atoms with E-state index in [1.54, 1.807) is 0 Å². The Morgan fingerprint density at radius 3 is 1.19 bits per heavy atom. The molecule has 0 aliphatic heterocycles. The molecule has 0 aromatic heterocycles. The van der Waals surface area contributed by atoms with Gasteiger partial charge in [-0.2, -0.15) is 35.1 Å². The molecular weight excluding hydrogens is 448 g/mol. The second-order valence-electron chi connectivity index (χ2n) is 9.45. The molecule has 0 bridgehead atoms. The molecule has 2 saturated carbocycles. The molecule has 3 aliphatic rings. The lowest BCUT2D eigenvalue weighted by atomic mass is 9.82. The minimum absolute atomic E-state index is 0.000159. The summed E-state index contributed by atoms with van der Waals surface area (Å²) in [5.74, 6) is -16.9. The van der Waals surface area contributed by atoms with Crippen LogP contribution in [0, 0.1) is 23.7 Å². The van der Waals surface area contributed by atoms with Crippen molar-refractivity contribution in [1.29, 1.82) is 0 Å². The zero-order chi connectivity index (χ0) is 23.9. The van der Waals surface area contributed by atoms with Gasteiger partial charge in [0.1, 0.15) is 0 Å². The standard InChI is InChI=1S/C22H28F8O2/c1-13-3-7-15(8-4-13)21(27,28)31-17-11-12-18(20(25,26)19(17,23)24)32-22(29,30)16-9-5-14(2)6-10-16/h11-16H,3-10H2,1-2H3. The fraction of sp³-hybridized carbons (Fsp3) is 0.818. The topological polar surface area (TPSA) is 18.5 Å². The van der Waals surface area contributed by atoms with Gasteiger partial charge in [0, 0.05) is 0 Å². The monoisotopic (exact) mass is 476 g/mol. The Morgan fingerprint density at radius 1 is 0.625 bits per heavy atom. The molecule has 2 nitrogen and oxygen atoms in total. The van der Waals surface area contributed by atoms with Crippen molar-refractivity contribution in [1.82, 2.24) is 0 Å². The van der Waals surface area contributed by atoms with Crippen LogP contribution < -0.4 is 0 Å². The summed E-state index contributed by atoms with van der Waals surface area (Å²) in [4.78, 5) is 0. The Kier molecular flexibility index (Phi) is 6.84. The highest BCUT2D eigenvalue weighted by atomic mass is 19.3. The molecule has 3 aliphatic carbocycles. The molecular formula is C22H28F8O2. The molecule has 32 heavy (non-hydrogen) atoms. The van der Waals surface area contributed by atoms with Crippen LogP contribution in [0.25, 0.3) is 0 Å². The number of ether oxygens (including phenoxy) is 2. The summed E-state index contributed by atoms with van der Waals surface area (Å²) in [5, 5.41) is 0. The first kappa shape index (κ1) is 25.1. The van der Waals surface area contributed by atoms with Crippen LogP contribution in [0.2, 0.25) is 0 Å². The molecule has 0 N–H and O–H groups in total. The van der Waals surface area contributed by atoms with Gasteiger partial charge in [-0.15, -0.1) is 0 Å². The normalized spacial score (nSPS) is 33.2. The van der Waals surface area contributed by atoms with Crippen molar-refractivity contribution in [3.05, 3.63) is 23.7 Å². The van der Waals surface area contributed by atoms with E-state index < -0.39 is 47.4 Å². The molecule has 0 aromatic rings. The first-order valence-corrected chi connectivity index (χ1v) is 11.0. The molecule has 184 valence electrons. The number of alkyl halides is 8. The van der Waals surface area contributed by atoms with E-state index in [-0.39, 0.29) is 49.7 Å². The number of rotatable bonds is 6. The summed E-state index contributed by atoms with van der Waals surface area (Å²) in [7, 11) is 0. The van der Waals surface area contributed by atoms with Gasteiger partial charge in [-0.25, -0.2) is 0 Å². The van der Waals surface area contributed by atoms with Gasteiger partial charge in [0.25, 0.3) is 0 Å². The highest BCUT2D eigenvalue weighted by Crippen LogP contribution is 2.52. The van der Waals surface area contributed by atoms with Crippen LogP contribution in [0.4, 0.5) is 35.1 Å². The molecule has 0 saturated heterocycles. The van der Waals surface area contributed by atoms with Crippen LogP contribution in [0.1, 0.15) is 65.2 Å². The fourth-order valence-electron chi connectivity index (χ4n) is 4.52. The quantitative estimate of drug-likeness (QED) is 0.363. The van der Waals surface area contributed by atoms with Gasteiger partial charge in [-0.3, -0.25) is 0 Å². The van der Waals surface area contributed by atoms with Crippen molar-refractivity contribution in [3.8, 4) is 0 Å². The predicted octanol–water partition coefficient (Wildman–Crippen LogP) is 7.91. The van der Waals surface area contributed by atoms with E-state index in [4.69, 9.17) is 0 Å². The Labute approximate surface area is 182 Å². The van der Waals surface area contributed by atoms with Gasteiger partial charge in [0.2, 0.25) is 0 Å². The summed E-state index contributed by atoms with van der Waals surface area (Å²) in [5.41, 5.74) is 0. The first-order chi connectivity index (χ1) is 14.7.